The Labute approximate surface area is 208 Å². The fraction of sp³-hybridized carbons (Fsp3) is 0.393. The van der Waals surface area contributed by atoms with Crippen LogP contribution in [0.1, 0.15) is 54.1 Å². The number of fused-ring (bicyclic) bond motifs is 2. The lowest BCUT2D eigenvalue weighted by atomic mass is 9.73. The molecule has 4 N–H and O–H groups in total. The van der Waals surface area contributed by atoms with Crippen LogP contribution in [0.2, 0.25) is 0 Å². The quantitative estimate of drug-likeness (QED) is 0.410. The van der Waals surface area contributed by atoms with Crippen LogP contribution >= 0.6 is 0 Å². The number of anilines is 1. The van der Waals surface area contributed by atoms with Gasteiger partial charge in [0.15, 0.2) is 5.65 Å². The Bertz CT molecular complexity index is 1530. The van der Waals surface area contributed by atoms with Crippen LogP contribution in [-0.2, 0) is 11.8 Å². The number of methoxy groups -OCH3 is 1. The van der Waals surface area contributed by atoms with E-state index in [9.17, 15) is 4.79 Å². The van der Waals surface area contributed by atoms with Crippen molar-refractivity contribution < 1.29 is 4.74 Å². The molecule has 0 unspecified atom stereocenters. The number of nitrogens with two attached hydrogens (primary N) is 1. The smallest absolute Gasteiger partial charge is 0.263 e. The largest absolute Gasteiger partial charge is 0.497 e. The zero-order chi connectivity index (χ0) is 24.5. The highest BCUT2D eigenvalue weighted by Crippen LogP contribution is 2.54. The average Bonchev–Trinajstić information content (AvgIpc) is 3.53. The van der Waals surface area contributed by atoms with E-state index in [2.05, 4.69) is 50.4 Å². The summed E-state index contributed by atoms with van der Waals surface area (Å²) < 4.78 is 5.43. The number of piperidine rings is 1. The lowest BCUT2D eigenvalue weighted by molar-refractivity contribution is 0.187. The summed E-state index contributed by atoms with van der Waals surface area (Å²) in [5, 5.41) is 8.23. The summed E-state index contributed by atoms with van der Waals surface area (Å²) in [6, 6.07) is 16.7. The summed E-state index contributed by atoms with van der Waals surface area (Å²) in [6.45, 7) is 1.62. The van der Waals surface area contributed by atoms with Crippen molar-refractivity contribution in [3.8, 4) is 5.75 Å². The van der Waals surface area contributed by atoms with Crippen LogP contribution in [0.15, 0.2) is 53.3 Å². The molecule has 1 saturated carbocycles. The van der Waals surface area contributed by atoms with Gasteiger partial charge < -0.3 is 15.4 Å². The van der Waals surface area contributed by atoms with E-state index in [1.165, 1.54) is 11.1 Å². The first-order chi connectivity index (χ1) is 17.5. The fourth-order valence-electron chi connectivity index (χ4n) is 6.60. The molecule has 1 saturated heterocycles. The molecular weight excluding hydrogens is 452 g/mol. The Morgan fingerprint density at radius 1 is 1.08 bits per heavy atom. The van der Waals surface area contributed by atoms with Gasteiger partial charge in [-0.1, -0.05) is 36.4 Å². The second kappa shape index (κ2) is 7.67. The van der Waals surface area contributed by atoms with Crippen LogP contribution in [-0.4, -0.2) is 40.4 Å². The molecule has 8 nitrogen and oxygen atoms in total. The van der Waals surface area contributed by atoms with Crippen molar-refractivity contribution in [2.24, 2.45) is 11.1 Å². The van der Waals surface area contributed by atoms with E-state index >= 15 is 0 Å². The van der Waals surface area contributed by atoms with Gasteiger partial charge in [-0.3, -0.25) is 14.9 Å². The average molecular weight is 483 g/mol. The lowest BCUT2D eigenvalue weighted by Crippen LogP contribution is -2.45. The van der Waals surface area contributed by atoms with E-state index in [1.54, 1.807) is 7.11 Å². The van der Waals surface area contributed by atoms with Gasteiger partial charge >= 0.3 is 0 Å². The minimum Gasteiger partial charge on any atom is -0.497 e. The Balaban J connectivity index is 1.17. The SMILES string of the molecule is COc1cccc(C2(c3n[nH]c4nc(N5CCC6(CC5)Cc5ccccc5[C@H]6N)[nH]c(=O)c34)CC2)c1. The minimum atomic E-state index is -0.270. The highest BCUT2D eigenvalue weighted by Gasteiger charge is 2.50. The van der Waals surface area contributed by atoms with Crippen LogP contribution in [0.25, 0.3) is 11.0 Å². The number of benzene rings is 2. The normalized spacial score (nSPS) is 21.6. The molecule has 1 atom stereocenters. The number of nitrogens with one attached hydrogen (secondary N) is 2. The van der Waals surface area contributed by atoms with Crippen molar-refractivity contribution in [1.29, 1.82) is 0 Å². The number of aromatic nitrogens is 4. The molecular formula is C28H30N6O2. The van der Waals surface area contributed by atoms with E-state index < -0.39 is 0 Å². The standard InChI is InChI=1S/C28H30N6O2/c1-36-19-7-4-6-18(15-19)28(9-10-28)23-21-24(33-32-23)30-26(31-25(21)35)34-13-11-27(12-14-34)16-17-5-2-3-8-20(17)22(27)29/h2-8,15,22H,9-14,16,29H2,1H3,(H2,30,31,32,33,35)/t22-/m1/s1. The predicted octanol–water partition coefficient (Wildman–Crippen LogP) is 3.58. The second-order valence-corrected chi connectivity index (χ2v) is 10.7. The summed E-state index contributed by atoms with van der Waals surface area (Å²) in [4.78, 5) is 23.4. The van der Waals surface area contributed by atoms with E-state index in [4.69, 9.17) is 15.5 Å². The van der Waals surface area contributed by atoms with Gasteiger partial charge in [0, 0.05) is 24.5 Å². The van der Waals surface area contributed by atoms with Gasteiger partial charge in [-0.2, -0.15) is 10.1 Å². The molecule has 184 valence electrons. The van der Waals surface area contributed by atoms with Crippen LogP contribution in [0.5, 0.6) is 5.75 Å². The van der Waals surface area contributed by atoms with Crippen molar-refractivity contribution >= 4 is 17.0 Å². The minimum absolute atomic E-state index is 0.0619. The molecule has 2 aliphatic carbocycles. The molecule has 36 heavy (non-hydrogen) atoms. The van der Waals surface area contributed by atoms with E-state index in [0.29, 0.717) is 17.0 Å². The number of hydrogen-bond acceptors (Lipinski definition) is 6. The highest BCUT2D eigenvalue weighted by atomic mass is 16.5. The van der Waals surface area contributed by atoms with Gasteiger partial charge in [0.05, 0.1) is 12.8 Å². The molecule has 2 aromatic heterocycles. The molecule has 3 heterocycles. The van der Waals surface area contributed by atoms with Crippen LogP contribution < -0.4 is 20.9 Å². The van der Waals surface area contributed by atoms with Crippen LogP contribution in [0, 0.1) is 5.41 Å². The third-order valence-corrected chi connectivity index (χ3v) is 8.89. The summed E-state index contributed by atoms with van der Waals surface area (Å²) in [6.07, 6.45) is 4.85. The van der Waals surface area contributed by atoms with Crippen LogP contribution in [0.3, 0.4) is 0 Å². The van der Waals surface area contributed by atoms with Gasteiger partial charge in [0.2, 0.25) is 5.95 Å². The maximum atomic E-state index is 13.4. The van der Waals surface area contributed by atoms with E-state index in [1.807, 2.05) is 18.2 Å². The molecule has 2 fully saturated rings. The third kappa shape index (κ3) is 3.07. The first kappa shape index (κ1) is 21.6. The van der Waals surface area contributed by atoms with Crippen molar-refractivity contribution in [3.63, 3.8) is 0 Å². The Kier molecular flexibility index (Phi) is 4.61. The summed E-state index contributed by atoms with van der Waals surface area (Å²) in [5.74, 6) is 1.41. The molecule has 3 aliphatic rings. The van der Waals surface area contributed by atoms with E-state index in [0.717, 1.165) is 62.2 Å². The third-order valence-electron chi connectivity index (χ3n) is 8.89. The molecule has 7 rings (SSSR count). The Morgan fingerprint density at radius 2 is 1.89 bits per heavy atom. The molecule has 0 amide bonds. The number of hydrogen-bond donors (Lipinski definition) is 3. The molecule has 0 radical (unpaired) electrons. The number of aromatic amines is 2. The molecule has 1 aliphatic heterocycles. The molecule has 0 bridgehead atoms. The topological polar surface area (TPSA) is 113 Å². The fourth-order valence-corrected chi connectivity index (χ4v) is 6.60. The molecule has 2 aromatic carbocycles. The zero-order valence-corrected chi connectivity index (χ0v) is 20.4. The van der Waals surface area contributed by atoms with Gasteiger partial charge in [-0.05, 0) is 66.3 Å². The Morgan fingerprint density at radius 3 is 2.64 bits per heavy atom. The summed E-state index contributed by atoms with van der Waals surface area (Å²) in [7, 11) is 1.67. The van der Waals surface area contributed by atoms with Gasteiger partial charge in [-0.25, -0.2) is 0 Å². The van der Waals surface area contributed by atoms with Gasteiger partial charge in [0.25, 0.3) is 5.56 Å². The maximum Gasteiger partial charge on any atom is 0.263 e. The first-order valence-electron chi connectivity index (χ1n) is 12.7. The van der Waals surface area contributed by atoms with Crippen molar-refractivity contribution in [2.75, 3.05) is 25.1 Å². The Hall–Kier alpha value is -3.65. The van der Waals surface area contributed by atoms with Crippen molar-refractivity contribution in [3.05, 3.63) is 81.3 Å². The van der Waals surface area contributed by atoms with E-state index in [-0.39, 0.29) is 22.4 Å². The maximum absolute atomic E-state index is 13.4. The summed E-state index contributed by atoms with van der Waals surface area (Å²) in [5.41, 5.74) is 11.5. The predicted molar refractivity (Wildman–Crippen MR) is 138 cm³/mol. The number of nitrogens with zero attached hydrogens (tertiary/aromatic N) is 3. The summed E-state index contributed by atoms with van der Waals surface area (Å²) >= 11 is 0. The number of H-pyrrole nitrogens is 2. The van der Waals surface area contributed by atoms with Gasteiger partial charge in [0.1, 0.15) is 11.1 Å². The van der Waals surface area contributed by atoms with Crippen molar-refractivity contribution in [1.82, 2.24) is 20.2 Å². The first-order valence-corrected chi connectivity index (χ1v) is 12.7. The zero-order valence-electron chi connectivity index (χ0n) is 20.4. The molecule has 8 heteroatoms. The molecule has 4 aromatic rings. The monoisotopic (exact) mass is 482 g/mol. The van der Waals surface area contributed by atoms with Crippen molar-refractivity contribution in [2.45, 2.75) is 43.6 Å². The second-order valence-electron chi connectivity index (χ2n) is 10.7. The molecule has 1 spiro atoms. The van der Waals surface area contributed by atoms with Crippen LogP contribution in [0.4, 0.5) is 5.95 Å². The highest BCUT2D eigenvalue weighted by molar-refractivity contribution is 5.80. The lowest BCUT2D eigenvalue weighted by Gasteiger charge is -2.42. The number of rotatable bonds is 4. The number of ether oxygens (including phenoxy) is 1. The van der Waals surface area contributed by atoms with Gasteiger partial charge in [-0.15, -0.1) is 0 Å².